The number of nitrogens with zero attached hydrogens (tertiary/aromatic N) is 1. The summed E-state index contributed by atoms with van der Waals surface area (Å²) in [5, 5.41) is 2.84. The highest BCUT2D eigenvalue weighted by atomic mass is 32.2. The molecule has 3 rings (SSSR count). The molecule has 1 atom stereocenters. The van der Waals surface area contributed by atoms with Crippen LogP contribution in [0.15, 0.2) is 29.2 Å². The normalized spacial score (nSPS) is 26.7. The Kier molecular flexibility index (Phi) is 5.35. The van der Waals surface area contributed by atoms with E-state index in [4.69, 9.17) is 0 Å². The van der Waals surface area contributed by atoms with Gasteiger partial charge in [-0.25, -0.2) is 21.2 Å². The number of hydrogen-bond donors (Lipinski definition) is 1. The molecule has 1 aromatic rings. The van der Waals surface area contributed by atoms with Crippen LogP contribution in [0.25, 0.3) is 0 Å². The molecule has 2 saturated heterocycles. The van der Waals surface area contributed by atoms with E-state index in [1.165, 1.54) is 16.4 Å². The van der Waals surface area contributed by atoms with Crippen molar-refractivity contribution in [3.05, 3.63) is 30.1 Å². The van der Waals surface area contributed by atoms with Gasteiger partial charge in [-0.05, 0) is 50.5 Å². The number of piperidine rings is 1. The Bertz CT molecular complexity index is 923. The molecule has 0 bridgehead atoms. The Labute approximate surface area is 158 Å². The largest absolute Gasteiger partial charge is 0.350 e. The Morgan fingerprint density at radius 2 is 1.81 bits per heavy atom. The highest BCUT2D eigenvalue weighted by Gasteiger charge is 2.41. The fourth-order valence-corrected chi connectivity index (χ4v) is 7.19. The average Bonchev–Trinajstić information content (AvgIpc) is 2.88. The van der Waals surface area contributed by atoms with Gasteiger partial charge in [-0.15, -0.1) is 0 Å². The molecule has 27 heavy (non-hydrogen) atoms. The molecule has 2 heterocycles. The lowest BCUT2D eigenvalue weighted by Gasteiger charge is -2.33. The summed E-state index contributed by atoms with van der Waals surface area (Å²) < 4.78 is 62.9. The SMILES string of the molecule is C[C@]1(NC(=O)C2CCN(S(=O)(=O)c3ccc(F)cc3)CC2)CCS(=O)(=O)C1. The second-order valence-corrected chi connectivity index (χ2v) is 11.6. The summed E-state index contributed by atoms with van der Waals surface area (Å²) in [4.78, 5) is 12.5. The van der Waals surface area contributed by atoms with Crippen LogP contribution in [0, 0.1) is 11.7 Å². The molecular formula is C17H23FN2O5S2. The second-order valence-electron chi connectivity index (χ2n) is 7.52. The number of benzene rings is 1. The van der Waals surface area contributed by atoms with Crippen LogP contribution < -0.4 is 5.32 Å². The van der Waals surface area contributed by atoms with Gasteiger partial charge in [0, 0.05) is 19.0 Å². The number of carbonyl (C=O) groups excluding carboxylic acids is 1. The van der Waals surface area contributed by atoms with Gasteiger partial charge < -0.3 is 5.32 Å². The van der Waals surface area contributed by atoms with Crippen molar-refractivity contribution in [3.8, 4) is 0 Å². The van der Waals surface area contributed by atoms with Gasteiger partial charge in [-0.1, -0.05) is 0 Å². The first-order chi connectivity index (χ1) is 12.5. The van der Waals surface area contributed by atoms with E-state index in [1.54, 1.807) is 6.92 Å². The van der Waals surface area contributed by atoms with Crippen LogP contribution in [0.2, 0.25) is 0 Å². The van der Waals surface area contributed by atoms with Gasteiger partial charge in [0.05, 0.1) is 21.9 Å². The van der Waals surface area contributed by atoms with Crippen molar-refractivity contribution in [2.45, 2.75) is 36.6 Å². The molecule has 0 aromatic heterocycles. The van der Waals surface area contributed by atoms with Crippen LogP contribution in [0.5, 0.6) is 0 Å². The molecule has 7 nitrogen and oxygen atoms in total. The van der Waals surface area contributed by atoms with E-state index in [0.29, 0.717) is 19.3 Å². The minimum atomic E-state index is -3.72. The minimum Gasteiger partial charge on any atom is -0.350 e. The van der Waals surface area contributed by atoms with Crippen LogP contribution >= 0.6 is 0 Å². The third-order valence-electron chi connectivity index (χ3n) is 5.20. The van der Waals surface area contributed by atoms with Gasteiger partial charge in [-0.2, -0.15) is 4.31 Å². The lowest BCUT2D eigenvalue weighted by Crippen LogP contribution is -2.51. The van der Waals surface area contributed by atoms with E-state index in [-0.39, 0.29) is 41.3 Å². The number of sulfone groups is 1. The summed E-state index contributed by atoms with van der Waals surface area (Å²) in [6.45, 7) is 2.10. The Hall–Kier alpha value is -1.52. The van der Waals surface area contributed by atoms with Crippen molar-refractivity contribution in [2.75, 3.05) is 24.6 Å². The molecular weight excluding hydrogens is 395 g/mol. The van der Waals surface area contributed by atoms with E-state index in [9.17, 15) is 26.0 Å². The quantitative estimate of drug-likeness (QED) is 0.784. The van der Waals surface area contributed by atoms with E-state index in [0.717, 1.165) is 12.1 Å². The molecule has 0 unspecified atom stereocenters. The predicted molar refractivity (Wildman–Crippen MR) is 97.7 cm³/mol. The lowest BCUT2D eigenvalue weighted by molar-refractivity contribution is -0.127. The topological polar surface area (TPSA) is 101 Å². The molecule has 2 aliphatic rings. The fourth-order valence-electron chi connectivity index (χ4n) is 3.62. The highest BCUT2D eigenvalue weighted by Crippen LogP contribution is 2.27. The first-order valence-corrected chi connectivity index (χ1v) is 12.1. The van der Waals surface area contributed by atoms with Gasteiger partial charge in [0.15, 0.2) is 9.84 Å². The van der Waals surface area contributed by atoms with Gasteiger partial charge in [0.1, 0.15) is 5.82 Å². The molecule has 150 valence electrons. The van der Waals surface area contributed by atoms with Crippen molar-refractivity contribution >= 4 is 25.8 Å². The van der Waals surface area contributed by atoms with Gasteiger partial charge in [0.25, 0.3) is 0 Å². The Morgan fingerprint density at radius 3 is 2.33 bits per heavy atom. The van der Waals surface area contributed by atoms with Crippen molar-refractivity contribution in [1.29, 1.82) is 0 Å². The highest BCUT2D eigenvalue weighted by molar-refractivity contribution is 7.91. The van der Waals surface area contributed by atoms with E-state index < -0.39 is 31.2 Å². The number of hydrogen-bond acceptors (Lipinski definition) is 5. The molecule has 1 N–H and O–H groups in total. The standard InChI is InChI=1S/C17H23FN2O5S2/c1-17(8-11-26(22,23)12-17)19-16(21)13-6-9-20(10-7-13)27(24,25)15-4-2-14(18)3-5-15/h2-5,13H,6-12H2,1H3,(H,19,21)/t17-/m0/s1. The van der Waals surface area contributed by atoms with Gasteiger partial charge in [-0.3, -0.25) is 4.79 Å². The summed E-state index contributed by atoms with van der Waals surface area (Å²) in [5.41, 5.74) is -0.757. The molecule has 2 aliphatic heterocycles. The number of amides is 1. The smallest absolute Gasteiger partial charge is 0.243 e. The van der Waals surface area contributed by atoms with Crippen molar-refractivity contribution in [3.63, 3.8) is 0 Å². The molecule has 10 heteroatoms. The molecule has 0 aliphatic carbocycles. The summed E-state index contributed by atoms with van der Waals surface area (Å²) in [6.07, 6.45) is 1.10. The third-order valence-corrected chi connectivity index (χ3v) is 9.02. The molecule has 0 spiro atoms. The summed E-state index contributed by atoms with van der Waals surface area (Å²) in [7, 11) is -6.84. The molecule has 1 aromatic carbocycles. The fraction of sp³-hybridized carbons (Fsp3) is 0.588. The maximum Gasteiger partial charge on any atom is 0.243 e. The molecule has 0 radical (unpaired) electrons. The maximum absolute atomic E-state index is 13.0. The monoisotopic (exact) mass is 418 g/mol. The zero-order valence-corrected chi connectivity index (χ0v) is 16.7. The zero-order valence-electron chi connectivity index (χ0n) is 15.0. The number of halogens is 1. The number of nitrogens with one attached hydrogen (secondary N) is 1. The minimum absolute atomic E-state index is 0.0236. The lowest BCUT2D eigenvalue weighted by atomic mass is 9.94. The van der Waals surface area contributed by atoms with E-state index in [1.807, 2.05) is 0 Å². The number of sulfonamides is 1. The van der Waals surface area contributed by atoms with Crippen molar-refractivity contribution < 1.29 is 26.0 Å². The molecule has 2 fully saturated rings. The van der Waals surface area contributed by atoms with Crippen LogP contribution in [0.1, 0.15) is 26.2 Å². The number of rotatable bonds is 4. The summed E-state index contributed by atoms with van der Waals surface area (Å²) in [5.74, 6) is -1.09. The van der Waals surface area contributed by atoms with E-state index >= 15 is 0 Å². The van der Waals surface area contributed by atoms with Crippen LogP contribution in [0.4, 0.5) is 4.39 Å². The molecule has 1 amide bonds. The second kappa shape index (κ2) is 7.14. The van der Waals surface area contributed by atoms with Gasteiger partial charge in [0.2, 0.25) is 15.9 Å². The van der Waals surface area contributed by atoms with Crippen LogP contribution in [-0.2, 0) is 24.7 Å². The maximum atomic E-state index is 13.0. The molecule has 0 saturated carbocycles. The third kappa shape index (κ3) is 4.49. The first kappa shape index (κ1) is 20.2. The van der Waals surface area contributed by atoms with Crippen molar-refractivity contribution in [2.24, 2.45) is 5.92 Å². The van der Waals surface area contributed by atoms with Crippen molar-refractivity contribution in [1.82, 2.24) is 9.62 Å². The number of carbonyl (C=O) groups is 1. The van der Waals surface area contributed by atoms with Crippen LogP contribution in [-0.4, -0.2) is 57.2 Å². The van der Waals surface area contributed by atoms with E-state index in [2.05, 4.69) is 5.32 Å². The summed E-state index contributed by atoms with van der Waals surface area (Å²) >= 11 is 0. The average molecular weight is 419 g/mol. The van der Waals surface area contributed by atoms with Crippen LogP contribution in [0.3, 0.4) is 0 Å². The summed E-state index contributed by atoms with van der Waals surface area (Å²) in [6, 6.07) is 4.66. The van der Waals surface area contributed by atoms with Gasteiger partial charge >= 0.3 is 0 Å². The predicted octanol–water partition coefficient (Wildman–Crippen LogP) is 0.920. The Balaban J connectivity index is 1.60. The Morgan fingerprint density at radius 1 is 1.22 bits per heavy atom. The zero-order chi connectivity index (χ0) is 19.9. The first-order valence-electron chi connectivity index (χ1n) is 8.79.